The standard InChI is InChI=1S/C11H17N3/c1-7-10(14-5-4-13-7)9-8(6-12)11(9,2)3/h4-5,8-9H,6,12H2,1-3H3/t8-,9+/m1/s1. The van der Waals surface area contributed by atoms with E-state index in [1.807, 2.05) is 6.92 Å². The molecule has 0 aromatic carbocycles. The van der Waals surface area contributed by atoms with Crippen molar-refractivity contribution in [3.05, 3.63) is 23.8 Å². The van der Waals surface area contributed by atoms with Crippen LogP contribution in [0.4, 0.5) is 0 Å². The molecule has 1 saturated carbocycles. The van der Waals surface area contributed by atoms with E-state index in [4.69, 9.17) is 5.73 Å². The molecule has 3 heteroatoms. The van der Waals surface area contributed by atoms with Crippen LogP contribution in [-0.4, -0.2) is 16.5 Å². The zero-order valence-corrected chi connectivity index (χ0v) is 8.99. The third-order valence-electron chi connectivity index (χ3n) is 3.52. The highest BCUT2D eigenvalue weighted by molar-refractivity contribution is 5.28. The van der Waals surface area contributed by atoms with Gasteiger partial charge >= 0.3 is 0 Å². The van der Waals surface area contributed by atoms with Crippen LogP contribution in [0.1, 0.15) is 31.2 Å². The first-order chi connectivity index (χ1) is 6.59. The molecule has 76 valence electrons. The van der Waals surface area contributed by atoms with Gasteiger partial charge < -0.3 is 5.73 Å². The topological polar surface area (TPSA) is 51.8 Å². The largest absolute Gasteiger partial charge is 0.330 e. The molecule has 0 unspecified atom stereocenters. The van der Waals surface area contributed by atoms with Crippen LogP contribution in [0.15, 0.2) is 12.4 Å². The quantitative estimate of drug-likeness (QED) is 0.770. The van der Waals surface area contributed by atoms with Gasteiger partial charge in [0.25, 0.3) is 0 Å². The molecule has 0 aliphatic heterocycles. The van der Waals surface area contributed by atoms with E-state index in [1.54, 1.807) is 12.4 Å². The van der Waals surface area contributed by atoms with Gasteiger partial charge in [-0.15, -0.1) is 0 Å². The third-order valence-corrected chi connectivity index (χ3v) is 3.52. The zero-order valence-electron chi connectivity index (χ0n) is 8.99. The molecule has 14 heavy (non-hydrogen) atoms. The van der Waals surface area contributed by atoms with E-state index in [0.29, 0.717) is 17.3 Å². The van der Waals surface area contributed by atoms with Crippen molar-refractivity contribution in [2.45, 2.75) is 26.7 Å². The molecule has 1 aliphatic rings. The van der Waals surface area contributed by atoms with E-state index in [9.17, 15) is 0 Å². The van der Waals surface area contributed by atoms with E-state index < -0.39 is 0 Å². The number of nitrogens with two attached hydrogens (primary N) is 1. The van der Waals surface area contributed by atoms with Gasteiger partial charge in [0.15, 0.2) is 0 Å². The van der Waals surface area contributed by atoms with Crippen LogP contribution in [0.25, 0.3) is 0 Å². The fourth-order valence-corrected chi connectivity index (χ4v) is 2.45. The van der Waals surface area contributed by atoms with E-state index >= 15 is 0 Å². The minimum atomic E-state index is 0.301. The smallest absolute Gasteiger partial charge is 0.0655 e. The molecule has 0 saturated heterocycles. The lowest BCUT2D eigenvalue weighted by molar-refractivity contribution is 0.556. The fraction of sp³-hybridized carbons (Fsp3) is 0.636. The summed E-state index contributed by atoms with van der Waals surface area (Å²) in [6, 6.07) is 0. The Balaban J connectivity index is 2.31. The van der Waals surface area contributed by atoms with Crippen LogP contribution < -0.4 is 5.73 Å². The van der Waals surface area contributed by atoms with Gasteiger partial charge in [-0.25, -0.2) is 0 Å². The second-order valence-corrected chi connectivity index (χ2v) is 4.67. The van der Waals surface area contributed by atoms with Crippen molar-refractivity contribution in [3.63, 3.8) is 0 Å². The first-order valence-corrected chi connectivity index (χ1v) is 5.06. The molecule has 0 radical (unpaired) electrons. The van der Waals surface area contributed by atoms with Crippen LogP contribution in [0.5, 0.6) is 0 Å². The van der Waals surface area contributed by atoms with E-state index in [2.05, 4.69) is 23.8 Å². The summed E-state index contributed by atoms with van der Waals surface area (Å²) in [7, 11) is 0. The molecule has 0 amide bonds. The van der Waals surface area contributed by atoms with Gasteiger partial charge in [0.05, 0.1) is 11.4 Å². The summed E-state index contributed by atoms with van der Waals surface area (Å²) in [6.07, 6.45) is 3.51. The average Bonchev–Trinajstić information content (AvgIpc) is 2.69. The summed E-state index contributed by atoms with van der Waals surface area (Å²) in [6.45, 7) is 7.27. The highest BCUT2D eigenvalue weighted by Crippen LogP contribution is 2.63. The second kappa shape index (κ2) is 3.02. The number of rotatable bonds is 2. The first kappa shape index (κ1) is 9.59. The molecule has 1 aliphatic carbocycles. The van der Waals surface area contributed by atoms with E-state index in [0.717, 1.165) is 17.9 Å². The molecule has 1 fully saturated rings. The maximum Gasteiger partial charge on any atom is 0.0655 e. The fourth-order valence-electron chi connectivity index (χ4n) is 2.45. The number of hydrogen-bond acceptors (Lipinski definition) is 3. The third kappa shape index (κ3) is 1.23. The van der Waals surface area contributed by atoms with Crippen LogP contribution in [0.3, 0.4) is 0 Å². The highest BCUT2D eigenvalue weighted by Gasteiger charge is 2.58. The van der Waals surface area contributed by atoms with Crippen LogP contribution in [0, 0.1) is 18.3 Å². The number of aryl methyl sites for hydroxylation is 1. The summed E-state index contributed by atoms with van der Waals surface area (Å²) >= 11 is 0. The summed E-state index contributed by atoms with van der Waals surface area (Å²) in [4.78, 5) is 8.69. The predicted molar refractivity (Wildman–Crippen MR) is 55.8 cm³/mol. The minimum Gasteiger partial charge on any atom is -0.330 e. The molecular weight excluding hydrogens is 174 g/mol. The molecule has 1 aromatic heterocycles. The molecule has 2 atom stereocenters. The van der Waals surface area contributed by atoms with Crippen LogP contribution >= 0.6 is 0 Å². The summed E-state index contributed by atoms with van der Waals surface area (Å²) in [5, 5.41) is 0. The van der Waals surface area contributed by atoms with Crippen molar-refractivity contribution in [2.75, 3.05) is 6.54 Å². The molecule has 2 rings (SSSR count). The summed E-state index contributed by atoms with van der Waals surface area (Å²) in [5.74, 6) is 1.07. The average molecular weight is 191 g/mol. The Morgan fingerprint density at radius 2 is 2.00 bits per heavy atom. The van der Waals surface area contributed by atoms with Gasteiger partial charge in [0.1, 0.15) is 0 Å². The maximum absolute atomic E-state index is 5.74. The van der Waals surface area contributed by atoms with Gasteiger partial charge in [-0.05, 0) is 24.8 Å². The second-order valence-electron chi connectivity index (χ2n) is 4.67. The summed E-state index contributed by atoms with van der Waals surface area (Å²) in [5.41, 5.74) is 8.22. The molecule has 0 spiro atoms. The first-order valence-electron chi connectivity index (χ1n) is 5.06. The van der Waals surface area contributed by atoms with Crippen LogP contribution in [0.2, 0.25) is 0 Å². The van der Waals surface area contributed by atoms with Crippen molar-refractivity contribution < 1.29 is 0 Å². The van der Waals surface area contributed by atoms with Gasteiger partial charge in [-0.1, -0.05) is 13.8 Å². The highest BCUT2D eigenvalue weighted by atomic mass is 14.8. The lowest BCUT2D eigenvalue weighted by atomic mass is 10.1. The van der Waals surface area contributed by atoms with Crippen molar-refractivity contribution in [2.24, 2.45) is 17.1 Å². The van der Waals surface area contributed by atoms with Gasteiger partial charge in [0.2, 0.25) is 0 Å². The molecule has 0 bridgehead atoms. The Labute approximate surface area is 84.8 Å². The Hall–Kier alpha value is -0.960. The van der Waals surface area contributed by atoms with Gasteiger partial charge in [0, 0.05) is 18.3 Å². The van der Waals surface area contributed by atoms with Crippen molar-refractivity contribution in [1.82, 2.24) is 9.97 Å². The minimum absolute atomic E-state index is 0.301. The SMILES string of the molecule is Cc1nccnc1[C@@H]1[C@@H](CN)C1(C)C. The van der Waals surface area contributed by atoms with Crippen LogP contribution in [-0.2, 0) is 0 Å². The predicted octanol–water partition coefficient (Wildman–Crippen LogP) is 1.48. The maximum atomic E-state index is 5.74. The van der Waals surface area contributed by atoms with Crippen molar-refractivity contribution >= 4 is 0 Å². The molecule has 1 aromatic rings. The van der Waals surface area contributed by atoms with Gasteiger partial charge in [-0.3, -0.25) is 9.97 Å². The molecule has 3 nitrogen and oxygen atoms in total. The van der Waals surface area contributed by atoms with Gasteiger partial charge in [-0.2, -0.15) is 0 Å². The zero-order chi connectivity index (χ0) is 10.3. The monoisotopic (exact) mass is 191 g/mol. The molecular formula is C11H17N3. The number of aromatic nitrogens is 2. The van der Waals surface area contributed by atoms with E-state index in [1.165, 1.54) is 0 Å². The normalized spacial score (nSPS) is 28.9. The Morgan fingerprint density at radius 1 is 1.36 bits per heavy atom. The van der Waals surface area contributed by atoms with Crippen molar-refractivity contribution in [1.29, 1.82) is 0 Å². The Kier molecular flexibility index (Phi) is 2.07. The molecule has 2 N–H and O–H groups in total. The Morgan fingerprint density at radius 3 is 2.50 bits per heavy atom. The number of nitrogens with zero attached hydrogens (tertiary/aromatic N) is 2. The van der Waals surface area contributed by atoms with E-state index in [-0.39, 0.29) is 0 Å². The lowest BCUT2D eigenvalue weighted by Crippen LogP contribution is -2.05. The van der Waals surface area contributed by atoms with Crippen molar-refractivity contribution in [3.8, 4) is 0 Å². The summed E-state index contributed by atoms with van der Waals surface area (Å²) < 4.78 is 0. The molecule has 1 heterocycles. The Bertz CT molecular complexity index is 346. The lowest BCUT2D eigenvalue weighted by Gasteiger charge is -2.04. The number of hydrogen-bond donors (Lipinski definition) is 1.